The molecule has 0 aliphatic carbocycles. The van der Waals surface area contributed by atoms with Gasteiger partial charge in [-0.25, -0.2) is 0 Å². The third kappa shape index (κ3) is 4.77. The maximum Gasteiger partial charge on any atom is 0.161 e. The summed E-state index contributed by atoms with van der Waals surface area (Å²) in [6.07, 6.45) is 7.51. The fraction of sp³-hybridized carbons (Fsp3) is 0.217. The lowest BCUT2D eigenvalue weighted by atomic mass is 10.1. The van der Waals surface area contributed by atoms with Crippen LogP contribution in [-0.4, -0.2) is 29.1 Å². The molecule has 0 bridgehead atoms. The predicted molar refractivity (Wildman–Crippen MR) is 109 cm³/mol. The van der Waals surface area contributed by atoms with Crippen LogP contribution in [0, 0.1) is 11.3 Å². The molecule has 3 aromatic rings. The summed E-state index contributed by atoms with van der Waals surface area (Å²) in [5.41, 5.74) is 1.94. The molecule has 1 aliphatic heterocycles. The van der Waals surface area contributed by atoms with Gasteiger partial charge in [0.05, 0.1) is 19.2 Å². The van der Waals surface area contributed by atoms with Gasteiger partial charge in [0.25, 0.3) is 0 Å². The summed E-state index contributed by atoms with van der Waals surface area (Å²) in [7, 11) is 0. The van der Waals surface area contributed by atoms with Crippen LogP contribution in [-0.2, 0) is 6.54 Å². The lowest BCUT2D eigenvalue weighted by molar-refractivity contribution is 0.0734. The van der Waals surface area contributed by atoms with Gasteiger partial charge in [0.15, 0.2) is 11.5 Å². The van der Waals surface area contributed by atoms with Crippen LogP contribution in [0.5, 0.6) is 17.2 Å². The topological polar surface area (TPSA) is 69.3 Å². The third-order valence-corrected chi connectivity index (χ3v) is 4.58. The van der Waals surface area contributed by atoms with E-state index >= 15 is 0 Å². The fourth-order valence-electron chi connectivity index (χ4n) is 3.15. The molecular formula is C23H21N3O3. The monoisotopic (exact) mass is 387 g/mol. The van der Waals surface area contributed by atoms with Gasteiger partial charge >= 0.3 is 0 Å². The van der Waals surface area contributed by atoms with Crippen molar-refractivity contribution in [3.8, 4) is 23.3 Å². The van der Waals surface area contributed by atoms with Gasteiger partial charge in [-0.1, -0.05) is 24.3 Å². The van der Waals surface area contributed by atoms with Crippen LogP contribution in [0.3, 0.4) is 0 Å². The van der Waals surface area contributed by atoms with Crippen LogP contribution in [0.15, 0.2) is 67.0 Å². The minimum atomic E-state index is -0.0599. The Labute approximate surface area is 169 Å². The van der Waals surface area contributed by atoms with Crippen LogP contribution >= 0.6 is 0 Å². The second-order valence-corrected chi connectivity index (χ2v) is 6.67. The Balaban J connectivity index is 1.41. The summed E-state index contributed by atoms with van der Waals surface area (Å²) in [6, 6.07) is 17.6. The molecule has 1 aliphatic rings. The van der Waals surface area contributed by atoms with Crippen molar-refractivity contribution in [3.05, 3.63) is 78.1 Å². The molecule has 0 spiro atoms. The van der Waals surface area contributed by atoms with Crippen LogP contribution < -0.4 is 14.2 Å². The standard InChI is InChI=1S/C23H21N3O3/c24-11-3-5-19-9-8-18(16-26-13-4-12-25-26)15-23(19)27-14-10-20-17-28-21-6-1-2-7-22(21)29-20/h1-9,12-13,15,20H,10,14,16-17H2/b5-3+. The number of nitrogens with zero attached hydrogens (tertiary/aromatic N) is 3. The van der Waals surface area contributed by atoms with Gasteiger partial charge in [-0.2, -0.15) is 10.4 Å². The SMILES string of the molecule is N#C/C=C/c1ccc(Cn2cccn2)cc1OCCC1COc2ccccc2O1. The second-order valence-electron chi connectivity index (χ2n) is 6.67. The minimum absolute atomic E-state index is 0.0599. The van der Waals surface area contributed by atoms with E-state index in [0.717, 1.165) is 28.4 Å². The molecule has 1 aromatic heterocycles. The highest BCUT2D eigenvalue weighted by atomic mass is 16.6. The Bertz CT molecular complexity index is 1020. The molecule has 6 nitrogen and oxygen atoms in total. The summed E-state index contributed by atoms with van der Waals surface area (Å²) in [5, 5.41) is 13.1. The van der Waals surface area contributed by atoms with E-state index in [4.69, 9.17) is 19.5 Å². The number of para-hydroxylation sites is 2. The molecule has 4 rings (SSSR count). The summed E-state index contributed by atoms with van der Waals surface area (Å²) in [6.45, 7) is 1.64. The first kappa shape index (κ1) is 18.6. The van der Waals surface area contributed by atoms with E-state index in [-0.39, 0.29) is 6.10 Å². The van der Waals surface area contributed by atoms with Gasteiger partial charge in [-0.15, -0.1) is 0 Å². The average Bonchev–Trinajstić information content (AvgIpc) is 3.26. The van der Waals surface area contributed by atoms with Crippen molar-refractivity contribution in [3.63, 3.8) is 0 Å². The van der Waals surface area contributed by atoms with Crippen molar-refractivity contribution >= 4 is 6.08 Å². The van der Waals surface area contributed by atoms with Gasteiger partial charge in [0.2, 0.25) is 0 Å². The van der Waals surface area contributed by atoms with Gasteiger partial charge in [-0.05, 0) is 35.9 Å². The Morgan fingerprint density at radius 1 is 1.21 bits per heavy atom. The zero-order chi connectivity index (χ0) is 19.9. The smallest absolute Gasteiger partial charge is 0.161 e. The van der Waals surface area contributed by atoms with Crippen molar-refractivity contribution < 1.29 is 14.2 Å². The summed E-state index contributed by atoms with van der Waals surface area (Å²) >= 11 is 0. The van der Waals surface area contributed by atoms with Crippen LogP contribution in [0.4, 0.5) is 0 Å². The van der Waals surface area contributed by atoms with E-state index in [9.17, 15) is 0 Å². The van der Waals surface area contributed by atoms with Gasteiger partial charge in [-0.3, -0.25) is 4.68 Å². The molecular weight excluding hydrogens is 366 g/mol. The predicted octanol–water partition coefficient (Wildman–Crippen LogP) is 4.08. The highest BCUT2D eigenvalue weighted by molar-refractivity contribution is 5.59. The maximum absolute atomic E-state index is 8.85. The Hall–Kier alpha value is -3.72. The number of aromatic nitrogens is 2. The zero-order valence-corrected chi connectivity index (χ0v) is 15.9. The lowest BCUT2D eigenvalue weighted by Crippen LogP contribution is -2.30. The first-order valence-electron chi connectivity index (χ1n) is 9.49. The largest absolute Gasteiger partial charge is 0.493 e. The molecule has 6 heteroatoms. The summed E-state index contributed by atoms with van der Waals surface area (Å²) < 4.78 is 19.7. The van der Waals surface area contributed by atoms with E-state index in [0.29, 0.717) is 26.2 Å². The van der Waals surface area contributed by atoms with Gasteiger partial charge in [0.1, 0.15) is 18.5 Å². The van der Waals surface area contributed by atoms with Crippen molar-refractivity contribution in [2.45, 2.75) is 19.1 Å². The van der Waals surface area contributed by atoms with Crippen LogP contribution in [0.25, 0.3) is 6.08 Å². The van der Waals surface area contributed by atoms with E-state index in [1.54, 1.807) is 12.3 Å². The molecule has 0 N–H and O–H groups in total. The Morgan fingerprint density at radius 3 is 2.93 bits per heavy atom. The molecule has 0 saturated heterocycles. The molecule has 0 saturated carbocycles. The molecule has 0 radical (unpaired) electrons. The number of fused-ring (bicyclic) bond motifs is 1. The molecule has 2 aromatic carbocycles. The fourth-order valence-corrected chi connectivity index (χ4v) is 3.15. The molecule has 0 amide bonds. The maximum atomic E-state index is 8.85. The lowest BCUT2D eigenvalue weighted by Gasteiger charge is -2.26. The highest BCUT2D eigenvalue weighted by Gasteiger charge is 2.20. The van der Waals surface area contributed by atoms with Crippen LogP contribution in [0.2, 0.25) is 0 Å². The number of hydrogen-bond acceptors (Lipinski definition) is 5. The zero-order valence-electron chi connectivity index (χ0n) is 15.9. The number of ether oxygens (including phenoxy) is 3. The van der Waals surface area contributed by atoms with Crippen molar-refractivity contribution in [2.75, 3.05) is 13.2 Å². The number of hydrogen-bond donors (Lipinski definition) is 0. The van der Waals surface area contributed by atoms with Gasteiger partial charge < -0.3 is 14.2 Å². The van der Waals surface area contributed by atoms with E-state index in [1.165, 1.54) is 6.08 Å². The summed E-state index contributed by atoms with van der Waals surface area (Å²) in [5.74, 6) is 2.28. The number of allylic oxidation sites excluding steroid dienone is 1. The van der Waals surface area contributed by atoms with Crippen molar-refractivity contribution in [2.24, 2.45) is 0 Å². The molecule has 1 unspecified atom stereocenters. The number of benzene rings is 2. The van der Waals surface area contributed by atoms with Crippen molar-refractivity contribution in [1.82, 2.24) is 9.78 Å². The van der Waals surface area contributed by atoms with Gasteiger partial charge in [0, 0.05) is 30.5 Å². The number of rotatable bonds is 7. The first-order chi connectivity index (χ1) is 14.3. The molecule has 0 fully saturated rings. The Kier molecular flexibility index (Phi) is 5.77. The molecule has 2 heterocycles. The third-order valence-electron chi connectivity index (χ3n) is 4.58. The average molecular weight is 387 g/mol. The first-order valence-corrected chi connectivity index (χ1v) is 9.49. The minimum Gasteiger partial charge on any atom is -0.493 e. The number of nitriles is 1. The molecule has 146 valence electrons. The van der Waals surface area contributed by atoms with Crippen molar-refractivity contribution in [1.29, 1.82) is 5.26 Å². The summed E-state index contributed by atoms with van der Waals surface area (Å²) in [4.78, 5) is 0. The van der Waals surface area contributed by atoms with Crippen LogP contribution in [0.1, 0.15) is 17.5 Å². The van der Waals surface area contributed by atoms with E-state index in [2.05, 4.69) is 5.10 Å². The second kappa shape index (κ2) is 8.98. The quantitative estimate of drug-likeness (QED) is 0.572. The molecule has 29 heavy (non-hydrogen) atoms. The Morgan fingerprint density at radius 2 is 2.10 bits per heavy atom. The molecule has 1 atom stereocenters. The normalized spacial score (nSPS) is 15.2. The van der Waals surface area contributed by atoms with E-state index in [1.807, 2.05) is 65.5 Å². The highest BCUT2D eigenvalue weighted by Crippen LogP contribution is 2.31. The van der Waals surface area contributed by atoms with E-state index < -0.39 is 0 Å².